The molecule has 12 heteroatoms. The fourth-order valence-electron chi connectivity index (χ4n) is 4.71. The van der Waals surface area contributed by atoms with Crippen molar-refractivity contribution in [2.75, 3.05) is 20.3 Å². The summed E-state index contributed by atoms with van der Waals surface area (Å²) in [7, 11) is 1.36. The van der Waals surface area contributed by atoms with Crippen LogP contribution in [0.1, 0.15) is 6.92 Å². The molecule has 3 heterocycles. The lowest BCUT2D eigenvalue weighted by atomic mass is 9.78. The lowest BCUT2D eigenvalue weighted by molar-refractivity contribution is -0.375. The largest absolute Gasteiger partial charge is 0.461 e. The van der Waals surface area contributed by atoms with E-state index in [4.69, 9.17) is 28.4 Å². The monoisotopic (exact) mass is 446 g/mol. The Morgan fingerprint density at radius 2 is 1.81 bits per heavy atom. The van der Waals surface area contributed by atoms with Crippen LogP contribution in [-0.2, 0) is 38.0 Å². The van der Waals surface area contributed by atoms with Crippen molar-refractivity contribution in [3.05, 3.63) is 11.6 Å². The number of methoxy groups -OCH3 is 1. The van der Waals surface area contributed by atoms with Crippen LogP contribution in [0.4, 0.5) is 0 Å². The number of aliphatic hydroxyl groups excluding tert-OH is 4. The molecular weight excluding hydrogens is 420 g/mol. The standard InChI is InChI=1S/C19H26O12/c1-6(21)27-5-7-3-8-11-10(7)18(30-17(26-2)12(11)16(25)28-8)31-19-15(24)14(23)13(22)9(4-20)29-19/h3,8-15,17-20,22-24H,4-5H2,1-2H3/t8?,9-,10-,11+,12+,13-,14+,15-,17?,18+,19+/m1/s1. The van der Waals surface area contributed by atoms with Gasteiger partial charge in [-0.25, -0.2) is 0 Å². The predicted molar refractivity (Wildman–Crippen MR) is 95.6 cm³/mol. The first-order valence-electron chi connectivity index (χ1n) is 9.95. The maximum Gasteiger partial charge on any atom is 0.315 e. The van der Waals surface area contributed by atoms with E-state index in [-0.39, 0.29) is 6.61 Å². The van der Waals surface area contributed by atoms with Gasteiger partial charge in [-0.15, -0.1) is 0 Å². The minimum atomic E-state index is -1.64. The van der Waals surface area contributed by atoms with E-state index in [0.717, 1.165) is 0 Å². The van der Waals surface area contributed by atoms with Crippen LogP contribution >= 0.6 is 0 Å². The quantitative estimate of drug-likeness (QED) is 0.248. The molecule has 12 nitrogen and oxygen atoms in total. The Morgan fingerprint density at radius 1 is 1.06 bits per heavy atom. The molecule has 0 spiro atoms. The van der Waals surface area contributed by atoms with Gasteiger partial charge in [0.15, 0.2) is 18.9 Å². The van der Waals surface area contributed by atoms with E-state index in [1.807, 2.05) is 0 Å². The third-order valence-electron chi connectivity index (χ3n) is 6.19. The Hall–Kier alpha value is -1.64. The number of esters is 2. The maximum atomic E-state index is 12.4. The zero-order chi connectivity index (χ0) is 22.4. The van der Waals surface area contributed by atoms with Crippen molar-refractivity contribution in [1.29, 1.82) is 0 Å². The summed E-state index contributed by atoms with van der Waals surface area (Å²) < 4.78 is 33.0. The Labute approximate surface area is 177 Å². The van der Waals surface area contributed by atoms with Gasteiger partial charge in [0.1, 0.15) is 43.0 Å². The predicted octanol–water partition coefficient (Wildman–Crippen LogP) is -2.59. The van der Waals surface area contributed by atoms with E-state index < -0.39 is 85.7 Å². The summed E-state index contributed by atoms with van der Waals surface area (Å²) in [6.45, 7) is 0.569. The van der Waals surface area contributed by atoms with E-state index in [2.05, 4.69) is 0 Å². The highest BCUT2D eigenvalue weighted by Crippen LogP contribution is 2.52. The van der Waals surface area contributed by atoms with Crippen LogP contribution in [0, 0.1) is 17.8 Å². The number of rotatable bonds is 6. The fourth-order valence-corrected chi connectivity index (χ4v) is 4.71. The van der Waals surface area contributed by atoms with Gasteiger partial charge < -0.3 is 48.8 Å². The van der Waals surface area contributed by atoms with Crippen molar-refractivity contribution >= 4 is 11.9 Å². The van der Waals surface area contributed by atoms with Crippen LogP contribution in [0.3, 0.4) is 0 Å². The first-order valence-corrected chi connectivity index (χ1v) is 9.95. The van der Waals surface area contributed by atoms with Crippen LogP contribution < -0.4 is 0 Å². The molecule has 3 fully saturated rings. The van der Waals surface area contributed by atoms with Gasteiger partial charge in [0.25, 0.3) is 0 Å². The highest BCUT2D eigenvalue weighted by Gasteiger charge is 2.62. The molecule has 4 aliphatic rings. The Morgan fingerprint density at radius 3 is 2.45 bits per heavy atom. The summed E-state index contributed by atoms with van der Waals surface area (Å²) in [5, 5.41) is 39.7. The molecule has 0 radical (unpaired) electrons. The number of ether oxygens (including phenoxy) is 6. The fraction of sp³-hybridized carbons (Fsp3) is 0.789. The molecule has 0 aromatic rings. The molecule has 3 saturated heterocycles. The van der Waals surface area contributed by atoms with Crippen molar-refractivity contribution in [3.8, 4) is 0 Å². The lowest BCUT2D eigenvalue weighted by Crippen LogP contribution is -2.61. The summed E-state index contributed by atoms with van der Waals surface area (Å²) in [6, 6.07) is 0. The van der Waals surface area contributed by atoms with Crippen LogP contribution in [0.5, 0.6) is 0 Å². The summed E-state index contributed by atoms with van der Waals surface area (Å²) in [6.07, 6.45) is -8.47. The van der Waals surface area contributed by atoms with Crippen molar-refractivity contribution in [3.63, 3.8) is 0 Å². The van der Waals surface area contributed by atoms with Crippen LogP contribution in [0.15, 0.2) is 11.6 Å². The highest BCUT2D eigenvalue weighted by atomic mass is 16.8. The van der Waals surface area contributed by atoms with Crippen molar-refractivity contribution in [1.82, 2.24) is 0 Å². The minimum absolute atomic E-state index is 0.0766. The average Bonchev–Trinajstić information content (AvgIpc) is 3.26. The van der Waals surface area contributed by atoms with E-state index in [9.17, 15) is 30.0 Å². The number of hydrogen-bond donors (Lipinski definition) is 4. The third-order valence-corrected chi connectivity index (χ3v) is 6.19. The summed E-state index contributed by atoms with van der Waals surface area (Å²) in [5.74, 6) is -2.74. The van der Waals surface area contributed by atoms with Crippen molar-refractivity contribution in [2.45, 2.75) is 56.3 Å². The van der Waals surface area contributed by atoms with Crippen molar-refractivity contribution < 1.29 is 58.4 Å². The molecule has 4 rings (SSSR count). The summed E-state index contributed by atoms with van der Waals surface area (Å²) in [4.78, 5) is 23.7. The van der Waals surface area contributed by atoms with Crippen LogP contribution in [0.25, 0.3) is 0 Å². The molecule has 0 aromatic heterocycles. The number of aliphatic hydroxyl groups is 4. The SMILES string of the molecule is COC1O[C@@H](O[C@@H]2O[C@H](CO)[C@@H](O)[C@H](O)[C@H]2O)[C@@H]2C(COC(C)=O)=CC3OC(=O)[C@@H]1[C@@H]32. The first kappa shape index (κ1) is 22.6. The van der Waals surface area contributed by atoms with Gasteiger partial charge >= 0.3 is 11.9 Å². The second-order valence-electron chi connectivity index (χ2n) is 7.99. The van der Waals surface area contributed by atoms with E-state index >= 15 is 0 Å². The molecule has 0 aromatic carbocycles. The number of carbonyl (C=O) groups is 2. The first-order chi connectivity index (χ1) is 14.8. The molecule has 0 saturated carbocycles. The molecular formula is C19H26O12. The second-order valence-corrected chi connectivity index (χ2v) is 7.99. The van der Waals surface area contributed by atoms with Gasteiger partial charge in [0, 0.05) is 25.9 Å². The summed E-state index contributed by atoms with van der Waals surface area (Å²) in [5.41, 5.74) is 0.604. The van der Waals surface area contributed by atoms with Crippen LogP contribution in [0.2, 0.25) is 0 Å². The van der Waals surface area contributed by atoms with Gasteiger partial charge in [-0.2, -0.15) is 0 Å². The zero-order valence-corrected chi connectivity index (χ0v) is 16.9. The molecule has 31 heavy (non-hydrogen) atoms. The molecule has 0 amide bonds. The van der Waals surface area contributed by atoms with Gasteiger partial charge in [0.2, 0.25) is 0 Å². The molecule has 3 aliphatic heterocycles. The Bertz CT molecular complexity index is 737. The zero-order valence-electron chi connectivity index (χ0n) is 16.9. The highest BCUT2D eigenvalue weighted by molar-refractivity contribution is 5.77. The average molecular weight is 446 g/mol. The Kier molecular flexibility index (Phi) is 6.34. The molecule has 1 aliphatic carbocycles. The van der Waals surface area contributed by atoms with Gasteiger partial charge in [-0.1, -0.05) is 0 Å². The van der Waals surface area contributed by atoms with E-state index in [1.54, 1.807) is 6.08 Å². The molecule has 11 atom stereocenters. The lowest BCUT2D eigenvalue weighted by Gasteiger charge is -2.45. The number of hydrogen-bond acceptors (Lipinski definition) is 12. The second kappa shape index (κ2) is 8.71. The molecule has 0 bridgehead atoms. The van der Waals surface area contributed by atoms with Gasteiger partial charge in [-0.05, 0) is 11.6 Å². The van der Waals surface area contributed by atoms with Crippen LogP contribution in [-0.4, -0.2) is 102 Å². The smallest absolute Gasteiger partial charge is 0.315 e. The normalized spacial score (nSPS) is 46.3. The summed E-state index contributed by atoms with van der Waals surface area (Å²) >= 11 is 0. The molecule has 2 unspecified atom stereocenters. The number of carbonyl (C=O) groups excluding carboxylic acids is 2. The maximum absolute atomic E-state index is 12.4. The van der Waals surface area contributed by atoms with Gasteiger partial charge in [0.05, 0.1) is 6.61 Å². The molecule has 4 N–H and O–H groups in total. The topological polar surface area (TPSA) is 170 Å². The molecule has 174 valence electrons. The third kappa shape index (κ3) is 3.87. The van der Waals surface area contributed by atoms with E-state index in [0.29, 0.717) is 5.57 Å². The van der Waals surface area contributed by atoms with Crippen molar-refractivity contribution in [2.24, 2.45) is 17.8 Å². The van der Waals surface area contributed by atoms with E-state index in [1.165, 1.54) is 14.0 Å². The van der Waals surface area contributed by atoms with Gasteiger partial charge in [-0.3, -0.25) is 9.59 Å². The Balaban J connectivity index is 1.59. The minimum Gasteiger partial charge on any atom is -0.461 e.